The fourth-order valence-corrected chi connectivity index (χ4v) is 6.44. The lowest BCUT2D eigenvalue weighted by Gasteiger charge is -2.20. The first-order chi connectivity index (χ1) is 23.7. The molecule has 6 aromatic carbocycles. The van der Waals surface area contributed by atoms with Gasteiger partial charge >= 0.3 is 0 Å². The van der Waals surface area contributed by atoms with E-state index in [9.17, 15) is 4.39 Å². The zero-order valence-electron chi connectivity index (χ0n) is 27.3. The average Bonchev–Trinajstić information content (AvgIpc) is 3.45. The summed E-state index contributed by atoms with van der Waals surface area (Å²) < 4.78 is 32.0. The highest BCUT2D eigenvalue weighted by molar-refractivity contribution is 6.09. The van der Waals surface area contributed by atoms with Crippen LogP contribution in [0.2, 0.25) is 0 Å². The molecular formula is C43H32F2N4. The summed E-state index contributed by atoms with van der Waals surface area (Å²) in [5.41, 5.74) is 7.16. The Balaban J connectivity index is 1.44. The van der Waals surface area contributed by atoms with Gasteiger partial charge in [0.05, 0.1) is 11.0 Å². The maximum Gasteiger partial charge on any atom is 0.164 e. The summed E-state index contributed by atoms with van der Waals surface area (Å²) in [6.07, 6.45) is 0. The van der Waals surface area contributed by atoms with Crippen LogP contribution >= 0.6 is 0 Å². The van der Waals surface area contributed by atoms with E-state index in [0.717, 1.165) is 44.7 Å². The highest BCUT2D eigenvalue weighted by Gasteiger charge is 2.22. The summed E-state index contributed by atoms with van der Waals surface area (Å²) in [5.74, 6) is 0.0575. The molecule has 0 saturated carbocycles. The van der Waals surface area contributed by atoms with Gasteiger partial charge < -0.3 is 4.57 Å². The molecule has 238 valence electrons. The standard InChI is InChI=1S/C43H32F2N4/c1-43(2,3)29-18-21-35-34-16-10-11-17-38(34)49(39(35)24-29)31-20-23-32(33-22-19-30(44)25-37(33)45)36(26-31)42-47-40(27-12-6-4-7-13-27)46-41(48-42)28-14-8-5-9-15-28/h4-26H,1-3H3. The van der Waals surface area contributed by atoms with Crippen LogP contribution in [0, 0.1) is 11.6 Å². The van der Waals surface area contributed by atoms with Crippen LogP contribution < -0.4 is 0 Å². The first kappa shape index (κ1) is 30.3. The molecular weight excluding hydrogens is 610 g/mol. The molecule has 0 aliphatic carbocycles. The first-order valence-electron chi connectivity index (χ1n) is 16.3. The summed E-state index contributed by atoms with van der Waals surface area (Å²) in [4.78, 5) is 14.9. The minimum absolute atomic E-state index is 0.0584. The Bertz CT molecular complexity index is 2440. The third-order valence-electron chi connectivity index (χ3n) is 8.96. The van der Waals surface area contributed by atoms with Gasteiger partial charge in [-0.15, -0.1) is 0 Å². The third-order valence-corrected chi connectivity index (χ3v) is 8.96. The van der Waals surface area contributed by atoms with Crippen LogP contribution in [0.1, 0.15) is 26.3 Å². The predicted octanol–water partition coefficient (Wildman–Crippen LogP) is 11.2. The van der Waals surface area contributed by atoms with E-state index in [0.29, 0.717) is 28.6 Å². The maximum atomic E-state index is 15.6. The maximum absolute atomic E-state index is 15.6. The smallest absolute Gasteiger partial charge is 0.164 e. The van der Waals surface area contributed by atoms with Crippen molar-refractivity contribution in [1.82, 2.24) is 19.5 Å². The lowest BCUT2D eigenvalue weighted by atomic mass is 9.86. The Labute approximate surface area is 283 Å². The number of rotatable bonds is 5. The fourth-order valence-electron chi connectivity index (χ4n) is 6.44. The van der Waals surface area contributed by atoms with E-state index in [1.807, 2.05) is 84.9 Å². The monoisotopic (exact) mass is 642 g/mol. The van der Waals surface area contributed by atoms with Crippen molar-refractivity contribution in [2.24, 2.45) is 0 Å². The number of hydrogen-bond acceptors (Lipinski definition) is 3. The summed E-state index contributed by atoms with van der Waals surface area (Å²) >= 11 is 0. The van der Waals surface area contributed by atoms with Crippen molar-refractivity contribution >= 4 is 21.8 Å². The van der Waals surface area contributed by atoms with Gasteiger partial charge in [0.2, 0.25) is 0 Å². The number of benzene rings is 6. The van der Waals surface area contributed by atoms with Crippen LogP contribution in [0.4, 0.5) is 8.78 Å². The number of aromatic nitrogens is 4. The minimum Gasteiger partial charge on any atom is -0.309 e. The number of para-hydroxylation sites is 1. The molecule has 0 amide bonds. The molecule has 4 nitrogen and oxygen atoms in total. The molecule has 49 heavy (non-hydrogen) atoms. The van der Waals surface area contributed by atoms with Gasteiger partial charge in [-0.05, 0) is 52.9 Å². The fraction of sp³-hybridized carbons (Fsp3) is 0.0930. The van der Waals surface area contributed by atoms with Gasteiger partial charge in [0, 0.05) is 44.8 Å². The van der Waals surface area contributed by atoms with Crippen molar-refractivity contribution in [3.63, 3.8) is 0 Å². The molecule has 0 bridgehead atoms. The molecule has 2 aromatic heterocycles. The summed E-state index contributed by atoms with van der Waals surface area (Å²) in [5, 5.41) is 2.27. The highest BCUT2D eigenvalue weighted by Crippen LogP contribution is 2.39. The van der Waals surface area contributed by atoms with Gasteiger partial charge in [0.15, 0.2) is 17.5 Å². The van der Waals surface area contributed by atoms with E-state index in [1.54, 1.807) is 0 Å². The van der Waals surface area contributed by atoms with Crippen molar-refractivity contribution in [2.45, 2.75) is 26.2 Å². The van der Waals surface area contributed by atoms with Crippen molar-refractivity contribution in [3.8, 4) is 51.0 Å². The molecule has 2 heterocycles. The Kier molecular flexibility index (Phi) is 7.37. The molecule has 0 fully saturated rings. The number of hydrogen-bond donors (Lipinski definition) is 0. The van der Waals surface area contributed by atoms with Gasteiger partial charge in [-0.2, -0.15) is 0 Å². The van der Waals surface area contributed by atoms with Gasteiger partial charge in [-0.3, -0.25) is 0 Å². The zero-order chi connectivity index (χ0) is 33.7. The highest BCUT2D eigenvalue weighted by atomic mass is 19.1. The summed E-state index contributed by atoms with van der Waals surface area (Å²) in [6.45, 7) is 6.63. The minimum atomic E-state index is -0.665. The molecule has 0 saturated heterocycles. The SMILES string of the molecule is CC(C)(C)c1ccc2c3ccccc3n(-c3ccc(-c4ccc(F)cc4F)c(-c4nc(-c5ccccc5)nc(-c5ccccc5)n4)c3)c2c1. The molecule has 0 aliphatic rings. The van der Waals surface area contributed by atoms with E-state index in [2.05, 4.69) is 61.7 Å². The number of nitrogens with zero attached hydrogens (tertiary/aromatic N) is 4. The molecule has 0 radical (unpaired) electrons. The van der Waals surface area contributed by atoms with Crippen LogP contribution in [0.25, 0.3) is 72.8 Å². The van der Waals surface area contributed by atoms with E-state index in [-0.39, 0.29) is 11.0 Å². The molecule has 6 heteroatoms. The van der Waals surface area contributed by atoms with Crippen molar-refractivity contribution in [3.05, 3.63) is 157 Å². The average molecular weight is 643 g/mol. The Morgan fingerprint density at radius 2 is 1.08 bits per heavy atom. The van der Waals surface area contributed by atoms with Crippen LogP contribution in [0.3, 0.4) is 0 Å². The van der Waals surface area contributed by atoms with E-state index >= 15 is 4.39 Å². The second-order valence-electron chi connectivity index (χ2n) is 13.2. The van der Waals surface area contributed by atoms with Gasteiger partial charge in [0.1, 0.15) is 11.6 Å². The Morgan fingerprint density at radius 1 is 0.490 bits per heavy atom. The topological polar surface area (TPSA) is 43.6 Å². The normalized spacial score (nSPS) is 11.8. The third kappa shape index (κ3) is 5.55. The molecule has 0 N–H and O–H groups in total. The number of halogens is 2. The predicted molar refractivity (Wildman–Crippen MR) is 195 cm³/mol. The molecule has 0 aliphatic heterocycles. The van der Waals surface area contributed by atoms with E-state index in [4.69, 9.17) is 15.0 Å². The van der Waals surface area contributed by atoms with Crippen LogP contribution in [0.15, 0.2) is 140 Å². The van der Waals surface area contributed by atoms with Crippen LogP contribution in [0.5, 0.6) is 0 Å². The van der Waals surface area contributed by atoms with Crippen LogP contribution in [-0.2, 0) is 5.41 Å². The molecule has 8 rings (SSSR count). The lowest BCUT2D eigenvalue weighted by Crippen LogP contribution is -2.10. The quantitative estimate of drug-likeness (QED) is 0.188. The van der Waals surface area contributed by atoms with Gasteiger partial charge in [0.25, 0.3) is 0 Å². The van der Waals surface area contributed by atoms with Gasteiger partial charge in [-0.1, -0.05) is 118 Å². The zero-order valence-corrected chi connectivity index (χ0v) is 27.3. The largest absolute Gasteiger partial charge is 0.309 e. The molecule has 0 atom stereocenters. The van der Waals surface area contributed by atoms with E-state index in [1.165, 1.54) is 17.7 Å². The summed E-state index contributed by atoms with van der Waals surface area (Å²) in [7, 11) is 0. The lowest BCUT2D eigenvalue weighted by molar-refractivity contribution is 0.585. The van der Waals surface area contributed by atoms with Crippen molar-refractivity contribution in [1.29, 1.82) is 0 Å². The Morgan fingerprint density at radius 3 is 1.73 bits per heavy atom. The van der Waals surface area contributed by atoms with Crippen molar-refractivity contribution < 1.29 is 8.78 Å². The second-order valence-corrected chi connectivity index (χ2v) is 13.2. The molecule has 0 spiro atoms. The number of fused-ring (bicyclic) bond motifs is 3. The molecule has 8 aromatic rings. The second kappa shape index (κ2) is 11.9. The first-order valence-corrected chi connectivity index (χ1v) is 16.3. The van der Waals surface area contributed by atoms with Crippen molar-refractivity contribution in [2.75, 3.05) is 0 Å². The molecule has 0 unspecified atom stereocenters. The summed E-state index contributed by atoms with van der Waals surface area (Å²) in [6, 6.07) is 44.0. The Hall–Kier alpha value is -6.01. The van der Waals surface area contributed by atoms with Gasteiger partial charge in [-0.25, -0.2) is 23.7 Å². The van der Waals surface area contributed by atoms with E-state index < -0.39 is 11.6 Å². The van der Waals surface area contributed by atoms with Crippen LogP contribution in [-0.4, -0.2) is 19.5 Å².